The van der Waals surface area contributed by atoms with Crippen LogP contribution in [0.25, 0.3) is 11.1 Å². The van der Waals surface area contributed by atoms with Gasteiger partial charge < -0.3 is 16.4 Å². The highest BCUT2D eigenvalue weighted by molar-refractivity contribution is 6.04. The summed E-state index contributed by atoms with van der Waals surface area (Å²) in [7, 11) is 0. The zero-order valence-electron chi connectivity index (χ0n) is 17.6. The van der Waals surface area contributed by atoms with Crippen LogP contribution in [-0.4, -0.2) is 17.6 Å². The number of hydrogen-bond acceptors (Lipinski definition) is 3. The van der Waals surface area contributed by atoms with Crippen LogP contribution in [0.1, 0.15) is 36.1 Å². The molecule has 0 heterocycles. The van der Waals surface area contributed by atoms with Crippen LogP contribution in [0.3, 0.4) is 0 Å². The van der Waals surface area contributed by atoms with E-state index in [-0.39, 0.29) is 24.2 Å². The van der Waals surface area contributed by atoms with Gasteiger partial charge >= 0.3 is 0 Å². The molecular weight excluding hydrogens is 388 g/mol. The van der Waals surface area contributed by atoms with Gasteiger partial charge in [0, 0.05) is 11.3 Å². The van der Waals surface area contributed by atoms with Crippen LogP contribution in [0.4, 0.5) is 5.69 Å². The number of nitrogens with two attached hydrogens (primary N) is 1. The number of rotatable bonds is 7. The third-order valence-corrected chi connectivity index (χ3v) is 5.02. The quantitative estimate of drug-likeness (QED) is 0.265. The van der Waals surface area contributed by atoms with E-state index in [1.54, 1.807) is 24.3 Å². The predicted molar refractivity (Wildman–Crippen MR) is 124 cm³/mol. The number of nitrogen functional groups attached to an aromatic ring is 1. The van der Waals surface area contributed by atoms with E-state index in [1.807, 2.05) is 37.3 Å². The van der Waals surface area contributed by atoms with Gasteiger partial charge in [0.1, 0.15) is 12.3 Å². The Kier molecular flexibility index (Phi) is 6.82. The molecule has 1 unspecified atom stereocenters. The summed E-state index contributed by atoms with van der Waals surface area (Å²) in [5.41, 5.74) is 10.9. The molecule has 0 fully saturated rings. The van der Waals surface area contributed by atoms with Crippen LogP contribution < -0.4 is 16.4 Å². The van der Waals surface area contributed by atoms with Crippen molar-refractivity contribution in [2.24, 2.45) is 5.73 Å². The van der Waals surface area contributed by atoms with E-state index in [1.165, 1.54) is 0 Å². The first kappa shape index (κ1) is 21.8. The van der Waals surface area contributed by atoms with E-state index >= 15 is 0 Å². The summed E-state index contributed by atoms with van der Waals surface area (Å²) >= 11 is 0. The lowest BCUT2D eigenvalue weighted by molar-refractivity contribution is -0.127. The average Bonchev–Trinajstić information content (AvgIpc) is 2.74. The number of aryl methyl sites for hydroxylation is 1. The second-order valence-corrected chi connectivity index (χ2v) is 7.45. The van der Waals surface area contributed by atoms with Crippen molar-refractivity contribution < 1.29 is 9.59 Å². The third kappa shape index (κ3) is 5.79. The molecule has 158 valence electrons. The van der Waals surface area contributed by atoms with Crippen molar-refractivity contribution in [2.75, 3.05) is 5.32 Å². The smallest absolute Gasteiger partial charge is 0.233 e. The Bertz CT molecular complexity index is 1090. The number of hydrogen-bond donors (Lipinski definition) is 4. The Labute approximate surface area is 182 Å². The summed E-state index contributed by atoms with van der Waals surface area (Å²) in [6.07, 6.45) is -0.282. The first-order valence-corrected chi connectivity index (χ1v) is 10.0. The molecule has 0 aliphatic carbocycles. The fraction of sp³-hybridized carbons (Fsp3) is 0.160. The maximum atomic E-state index is 12.4. The van der Waals surface area contributed by atoms with Crippen molar-refractivity contribution in [3.05, 3.63) is 89.5 Å². The highest BCUT2D eigenvalue weighted by Crippen LogP contribution is 2.26. The molecule has 0 aliphatic heterocycles. The summed E-state index contributed by atoms with van der Waals surface area (Å²) in [5, 5.41) is 13.0. The maximum absolute atomic E-state index is 12.4. The van der Waals surface area contributed by atoms with Crippen LogP contribution in [0.15, 0.2) is 72.8 Å². The van der Waals surface area contributed by atoms with Gasteiger partial charge in [0.15, 0.2) is 0 Å². The van der Waals surface area contributed by atoms with Crippen molar-refractivity contribution in [1.29, 1.82) is 5.41 Å². The Morgan fingerprint density at radius 3 is 2.29 bits per heavy atom. The number of benzene rings is 3. The zero-order chi connectivity index (χ0) is 22.4. The minimum atomic E-state index is -0.408. The Hall–Kier alpha value is -3.93. The number of anilines is 1. The van der Waals surface area contributed by atoms with E-state index in [4.69, 9.17) is 11.1 Å². The number of nitrogens with one attached hydrogen (secondary N) is 3. The highest BCUT2D eigenvalue weighted by atomic mass is 16.2. The standard InChI is InChI=1S/C25H26N4O2/c1-16-8-9-20(14-22(16)18-6-4-3-5-7-18)17(2)28-23(30)15-24(31)29-21-12-10-19(11-13-21)25(26)27/h3-14,17H,15H2,1-2H3,(H3,26,27)(H,28,30)(H,29,31). The number of carbonyl (C=O) groups excluding carboxylic acids is 2. The molecule has 5 N–H and O–H groups in total. The van der Waals surface area contributed by atoms with Crippen LogP contribution in [0.5, 0.6) is 0 Å². The zero-order valence-corrected chi connectivity index (χ0v) is 17.6. The molecule has 3 aromatic rings. The van der Waals surface area contributed by atoms with Crippen LogP contribution in [0.2, 0.25) is 0 Å². The molecule has 0 saturated heterocycles. The molecular formula is C25H26N4O2. The number of amides is 2. The van der Waals surface area contributed by atoms with Crippen LogP contribution >= 0.6 is 0 Å². The van der Waals surface area contributed by atoms with E-state index in [0.29, 0.717) is 11.3 Å². The average molecular weight is 415 g/mol. The minimum absolute atomic E-state index is 0.0437. The second kappa shape index (κ2) is 9.71. The van der Waals surface area contributed by atoms with Gasteiger partial charge in [-0.3, -0.25) is 15.0 Å². The molecule has 0 radical (unpaired) electrons. The minimum Gasteiger partial charge on any atom is -0.384 e. The summed E-state index contributed by atoms with van der Waals surface area (Å²) in [5.74, 6) is -0.806. The van der Waals surface area contributed by atoms with Gasteiger partial charge in [-0.1, -0.05) is 42.5 Å². The van der Waals surface area contributed by atoms with E-state index in [0.717, 1.165) is 22.3 Å². The lowest BCUT2D eigenvalue weighted by atomic mass is 9.96. The normalized spacial score (nSPS) is 11.4. The predicted octanol–water partition coefficient (Wildman–Crippen LogP) is 4.15. The summed E-state index contributed by atoms with van der Waals surface area (Å²) in [6, 6.07) is 22.5. The number of carbonyl (C=O) groups is 2. The van der Waals surface area contributed by atoms with Crippen molar-refractivity contribution in [3.63, 3.8) is 0 Å². The summed E-state index contributed by atoms with van der Waals surface area (Å²) < 4.78 is 0. The first-order valence-electron chi connectivity index (χ1n) is 10.0. The Morgan fingerprint density at radius 1 is 0.968 bits per heavy atom. The lowest BCUT2D eigenvalue weighted by Crippen LogP contribution is -2.30. The molecule has 0 aromatic heterocycles. The Morgan fingerprint density at radius 2 is 1.65 bits per heavy atom. The molecule has 6 nitrogen and oxygen atoms in total. The van der Waals surface area contributed by atoms with Gasteiger partial charge in [-0.25, -0.2) is 0 Å². The van der Waals surface area contributed by atoms with Crippen molar-refractivity contribution in [1.82, 2.24) is 5.32 Å². The maximum Gasteiger partial charge on any atom is 0.233 e. The van der Waals surface area contributed by atoms with Crippen LogP contribution in [-0.2, 0) is 9.59 Å². The molecule has 0 bridgehead atoms. The Balaban J connectivity index is 1.60. The topological polar surface area (TPSA) is 108 Å². The molecule has 0 aliphatic rings. The van der Waals surface area contributed by atoms with Gasteiger partial charge in [0.2, 0.25) is 11.8 Å². The first-order chi connectivity index (χ1) is 14.8. The molecule has 0 spiro atoms. The van der Waals surface area contributed by atoms with E-state index in [9.17, 15) is 9.59 Å². The summed E-state index contributed by atoms with van der Waals surface area (Å²) in [4.78, 5) is 24.6. The molecule has 0 saturated carbocycles. The monoisotopic (exact) mass is 414 g/mol. The van der Waals surface area contributed by atoms with Gasteiger partial charge in [-0.15, -0.1) is 0 Å². The molecule has 31 heavy (non-hydrogen) atoms. The highest BCUT2D eigenvalue weighted by Gasteiger charge is 2.15. The fourth-order valence-corrected chi connectivity index (χ4v) is 3.30. The molecule has 1 atom stereocenters. The third-order valence-electron chi connectivity index (χ3n) is 5.02. The van der Waals surface area contributed by atoms with Crippen molar-refractivity contribution >= 4 is 23.3 Å². The molecule has 6 heteroatoms. The van der Waals surface area contributed by atoms with Crippen molar-refractivity contribution in [3.8, 4) is 11.1 Å². The number of amidine groups is 1. The van der Waals surface area contributed by atoms with Crippen LogP contribution in [0, 0.1) is 12.3 Å². The largest absolute Gasteiger partial charge is 0.384 e. The van der Waals surface area contributed by atoms with Gasteiger partial charge in [0.05, 0.1) is 6.04 Å². The fourth-order valence-electron chi connectivity index (χ4n) is 3.30. The molecule has 3 aromatic carbocycles. The molecule has 2 amide bonds. The van der Waals surface area contributed by atoms with E-state index < -0.39 is 5.91 Å². The summed E-state index contributed by atoms with van der Waals surface area (Å²) in [6.45, 7) is 3.96. The van der Waals surface area contributed by atoms with Gasteiger partial charge in [0.25, 0.3) is 0 Å². The van der Waals surface area contributed by atoms with Gasteiger partial charge in [-0.2, -0.15) is 0 Å². The second-order valence-electron chi connectivity index (χ2n) is 7.45. The SMILES string of the molecule is Cc1ccc(C(C)NC(=O)CC(=O)Nc2ccc(C(=N)N)cc2)cc1-c1ccccc1. The lowest BCUT2D eigenvalue weighted by Gasteiger charge is -2.17. The van der Waals surface area contributed by atoms with E-state index in [2.05, 4.69) is 35.8 Å². The van der Waals surface area contributed by atoms with Crippen molar-refractivity contribution in [2.45, 2.75) is 26.3 Å². The molecule has 3 rings (SSSR count). The van der Waals surface area contributed by atoms with Gasteiger partial charge in [-0.05, 0) is 66.4 Å².